The van der Waals surface area contributed by atoms with Gasteiger partial charge in [-0.2, -0.15) is 0 Å². The highest BCUT2D eigenvalue weighted by Gasteiger charge is 2.31. The summed E-state index contributed by atoms with van der Waals surface area (Å²) in [6, 6.07) is 7.27. The second-order valence-electron chi connectivity index (χ2n) is 6.59. The summed E-state index contributed by atoms with van der Waals surface area (Å²) in [5, 5.41) is 3.73. The van der Waals surface area contributed by atoms with Crippen molar-refractivity contribution >= 4 is 15.9 Å². The maximum atomic E-state index is 3.77. The predicted octanol–water partition coefficient (Wildman–Crippen LogP) is 5.48. The minimum absolute atomic E-state index is 0.491. The molecule has 112 valence electrons. The first-order valence-electron chi connectivity index (χ1n) is 8.02. The van der Waals surface area contributed by atoms with E-state index in [2.05, 4.69) is 67.1 Å². The largest absolute Gasteiger partial charge is 0.310 e. The first-order valence-corrected chi connectivity index (χ1v) is 8.81. The SMILES string of the molecule is CCNC(c1ccc(C)cc1Br)C1CCC(C)C(C)C1. The van der Waals surface area contributed by atoms with E-state index in [4.69, 9.17) is 0 Å². The van der Waals surface area contributed by atoms with E-state index in [0.29, 0.717) is 6.04 Å². The van der Waals surface area contributed by atoms with Gasteiger partial charge in [0.25, 0.3) is 0 Å². The Hall–Kier alpha value is -0.340. The molecule has 0 saturated heterocycles. The first-order chi connectivity index (χ1) is 9.52. The van der Waals surface area contributed by atoms with Gasteiger partial charge < -0.3 is 5.32 Å². The van der Waals surface area contributed by atoms with E-state index in [1.807, 2.05) is 0 Å². The fraction of sp³-hybridized carbons (Fsp3) is 0.667. The Morgan fingerprint density at radius 2 is 2.00 bits per heavy atom. The topological polar surface area (TPSA) is 12.0 Å². The highest BCUT2D eigenvalue weighted by molar-refractivity contribution is 9.10. The van der Waals surface area contributed by atoms with Crippen LogP contribution >= 0.6 is 15.9 Å². The molecular weight excluding hydrogens is 310 g/mol. The van der Waals surface area contributed by atoms with Crippen LogP contribution in [-0.2, 0) is 0 Å². The molecule has 2 heteroatoms. The van der Waals surface area contributed by atoms with E-state index in [-0.39, 0.29) is 0 Å². The molecule has 0 radical (unpaired) electrons. The summed E-state index contributed by atoms with van der Waals surface area (Å²) in [7, 11) is 0. The van der Waals surface area contributed by atoms with Crippen LogP contribution in [0, 0.1) is 24.7 Å². The molecule has 1 aromatic rings. The molecule has 0 spiro atoms. The lowest BCUT2D eigenvalue weighted by molar-refractivity contribution is 0.171. The Kier molecular flexibility index (Phi) is 5.68. The summed E-state index contributed by atoms with van der Waals surface area (Å²) in [6.07, 6.45) is 4.07. The van der Waals surface area contributed by atoms with Crippen molar-refractivity contribution < 1.29 is 0 Å². The lowest BCUT2D eigenvalue weighted by atomic mass is 9.72. The summed E-state index contributed by atoms with van der Waals surface area (Å²) in [5.74, 6) is 2.49. The van der Waals surface area contributed by atoms with E-state index in [1.165, 1.54) is 34.9 Å². The summed E-state index contributed by atoms with van der Waals surface area (Å²) in [5.41, 5.74) is 2.76. The van der Waals surface area contributed by atoms with Crippen molar-refractivity contribution in [3.05, 3.63) is 33.8 Å². The predicted molar refractivity (Wildman–Crippen MR) is 91.0 cm³/mol. The van der Waals surface area contributed by atoms with Gasteiger partial charge in [0.2, 0.25) is 0 Å². The molecule has 1 nitrogen and oxygen atoms in total. The van der Waals surface area contributed by atoms with Gasteiger partial charge in [-0.25, -0.2) is 0 Å². The molecule has 0 aliphatic heterocycles. The van der Waals surface area contributed by atoms with Crippen LogP contribution in [0.1, 0.15) is 57.2 Å². The lowest BCUT2D eigenvalue weighted by Crippen LogP contribution is -2.33. The summed E-state index contributed by atoms with van der Waals surface area (Å²) < 4.78 is 1.26. The van der Waals surface area contributed by atoms with Gasteiger partial charge in [0, 0.05) is 10.5 Å². The molecule has 0 aromatic heterocycles. The third-order valence-corrected chi connectivity index (χ3v) is 5.71. The van der Waals surface area contributed by atoms with Crippen molar-refractivity contribution in [1.29, 1.82) is 0 Å². The van der Waals surface area contributed by atoms with E-state index in [9.17, 15) is 0 Å². The van der Waals surface area contributed by atoms with Gasteiger partial charge in [-0.05, 0) is 61.3 Å². The molecule has 1 aliphatic carbocycles. The van der Waals surface area contributed by atoms with E-state index < -0.39 is 0 Å². The highest BCUT2D eigenvalue weighted by Crippen LogP contribution is 2.41. The van der Waals surface area contributed by atoms with E-state index >= 15 is 0 Å². The maximum absolute atomic E-state index is 3.77. The highest BCUT2D eigenvalue weighted by atomic mass is 79.9. The van der Waals surface area contributed by atoms with Crippen molar-refractivity contribution in [2.75, 3.05) is 6.54 Å². The van der Waals surface area contributed by atoms with Crippen molar-refractivity contribution in [2.45, 2.75) is 53.0 Å². The normalized spacial score (nSPS) is 28.4. The number of aryl methyl sites for hydroxylation is 1. The standard InChI is InChI=1S/C18H28BrN/c1-5-20-18(15-8-7-13(3)14(4)11-15)16-9-6-12(2)10-17(16)19/h6,9-10,13-15,18,20H,5,7-8,11H2,1-4H3. The number of hydrogen-bond donors (Lipinski definition) is 1. The molecule has 1 aromatic carbocycles. The van der Waals surface area contributed by atoms with Crippen LogP contribution in [0.3, 0.4) is 0 Å². The van der Waals surface area contributed by atoms with Gasteiger partial charge in [-0.3, -0.25) is 0 Å². The number of hydrogen-bond acceptors (Lipinski definition) is 1. The zero-order valence-electron chi connectivity index (χ0n) is 13.2. The van der Waals surface area contributed by atoms with E-state index in [0.717, 1.165) is 24.3 Å². The van der Waals surface area contributed by atoms with Crippen LogP contribution in [0.4, 0.5) is 0 Å². The third kappa shape index (κ3) is 3.65. The number of halogens is 1. The Balaban J connectivity index is 2.22. The maximum Gasteiger partial charge on any atom is 0.0359 e. The molecule has 4 atom stereocenters. The molecule has 0 amide bonds. The van der Waals surface area contributed by atoms with E-state index in [1.54, 1.807) is 0 Å². The minimum atomic E-state index is 0.491. The van der Waals surface area contributed by atoms with Crippen molar-refractivity contribution in [2.24, 2.45) is 17.8 Å². The molecule has 0 bridgehead atoms. The molecule has 1 saturated carbocycles. The van der Waals surface area contributed by atoms with Crippen LogP contribution in [0.5, 0.6) is 0 Å². The molecule has 2 rings (SSSR count). The molecule has 0 heterocycles. The fourth-order valence-corrected chi connectivity index (χ4v) is 4.27. The number of benzene rings is 1. The Morgan fingerprint density at radius 3 is 2.60 bits per heavy atom. The number of rotatable bonds is 4. The van der Waals surface area contributed by atoms with Crippen LogP contribution in [-0.4, -0.2) is 6.54 Å². The van der Waals surface area contributed by atoms with Crippen LogP contribution in [0.2, 0.25) is 0 Å². The average Bonchev–Trinajstić information content (AvgIpc) is 2.40. The van der Waals surface area contributed by atoms with Gasteiger partial charge in [0.05, 0.1) is 0 Å². The Morgan fingerprint density at radius 1 is 1.25 bits per heavy atom. The Bertz CT molecular complexity index is 443. The zero-order chi connectivity index (χ0) is 14.7. The zero-order valence-corrected chi connectivity index (χ0v) is 14.8. The monoisotopic (exact) mass is 337 g/mol. The second-order valence-corrected chi connectivity index (χ2v) is 7.44. The second kappa shape index (κ2) is 7.09. The molecule has 1 aliphatic rings. The Labute approximate surface area is 132 Å². The molecule has 1 fully saturated rings. The summed E-state index contributed by atoms with van der Waals surface area (Å²) in [4.78, 5) is 0. The summed E-state index contributed by atoms with van der Waals surface area (Å²) in [6.45, 7) is 10.2. The van der Waals surface area contributed by atoms with Crippen LogP contribution in [0.15, 0.2) is 22.7 Å². The minimum Gasteiger partial charge on any atom is -0.310 e. The van der Waals surface area contributed by atoms with Gasteiger partial charge in [0.1, 0.15) is 0 Å². The van der Waals surface area contributed by atoms with Gasteiger partial charge in [-0.1, -0.05) is 55.3 Å². The third-order valence-electron chi connectivity index (χ3n) is 5.03. The van der Waals surface area contributed by atoms with Crippen molar-refractivity contribution in [3.8, 4) is 0 Å². The van der Waals surface area contributed by atoms with Gasteiger partial charge in [0.15, 0.2) is 0 Å². The molecular formula is C18H28BrN. The van der Waals surface area contributed by atoms with Gasteiger partial charge >= 0.3 is 0 Å². The molecule has 4 unspecified atom stereocenters. The first kappa shape index (κ1) is 16.0. The van der Waals surface area contributed by atoms with Crippen LogP contribution < -0.4 is 5.32 Å². The smallest absolute Gasteiger partial charge is 0.0359 e. The lowest BCUT2D eigenvalue weighted by Gasteiger charge is -2.37. The van der Waals surface area contributed by atoms with Gasteiger partial charge in [-0.15, -0.1) is 0 Å². The fourth-order valence-electron chi connectivity index (χ4n) is 3.53. The summed E-state index contributed by atoms with van der Waals surface area (Å²) >= 11 is 3.77. The van der Waals surface area contributed by atoms with Crippen LogP contribution in [0.25, 0.3) is 0 Å². The molecule has 1 N–H and O–H groups in total. The molecule has 20 heavy (non-hydrogen) atoms. The number of nitrogens with one attached hydrogen (secondary N) is 1. The average molecular weight is 338 g/mol. The quantitative estimate of drug-likeness (QED) is 0.766. The van der Waals surface area contributed by atoms with Crippen molar-refractivity contribution in [3.63, 3.8) is 0 Å². The van der Waals surface area contributed by atoms with Crippen molar-refractivity contribution in [1.82, 2.24) is 5.32 Å².